The van der Waals surface area contributed by atoms with E-state index in [2.05, 4.69) is 15.0 Å². The molecule has 26 heavy (non-hydrogen) atoms. The molecule has 8 nitrogen and oxygen atoms in total. The summed E-state index contributed by atoms with van der Waals surface area (Å²) in [5, 5.41) is 5.55. The predicted molar refractivity (Wildman–Crippen MR) is 101 cm³/mol. The van der Waals surface area contributed by atoms with E-state index in [0.717, 1.165) is 24.4 Å². The lowest BCUT2D eigenvalue weighted by Crippen LogP contribution is -2.26. The quantitative estimate of drug-likeness (QED) is 0.518. The molecule has 9 heteroatoms. The van der Waals surface area contributed by atoms with Crippen molar-refractivity contribution in [3.63, 3.8) is 0 Å². The predicted octanol–water partition coefficient (Wildman–Crippen LogP) is 1.54. The fourth-order valence-corrected chi connectivity index (χ4v) is 2.95. The summed E-state index contributed by atoms with van der Waals surface area (Å²) in [5.74, 6) is -1.42. The van der Waals surface area contributed by atoms with Crippen molar-refractivity contribution in [2.24, 2.45) is 5.73 Å². The largest absolute Gasteiger partial charge is 0.395 e. The van der Waals surface area contributed by atoms with Crippen molar-refractivity contribution in [1.82, 2.24) is 9.69 Å². The molecule has 0 radical (unpaired) electrons. The number of amides is 3. The Morgan fingerprint density at radius 1 is 1.23 bits per heavy atom. The first-order chi connectivity index (χ1) is 12.4. The molecular formula is C17H21N5O3S. The second-order valence-corrected chi connectivity index (χ2v) is 6.40. The third-order valence-electron chi connectivity index (χ3n) is 3.64. The zero-order valence-corrected chi connectivity index (χ0v) is 15.2. The van der Waals surface area contributed by atoms with E-state index in [0.29, 0.717) is 17.8 Å². The minimum Gasteiger partial charge on any atom is -0.395 e. The number of unbranched alkanes of at least 4 members (excludes halogenated alkanes) is 1. The zero-order chi connectivity index (χ0) is 19.1. The molecule has 1 aromatic carbocycles. The van der Waals surface area contributed by atoms with E-state index in [1.807, 2.05) is 6.92 Å². The van der Waals surface area contributed by atoms with Crippen molar-refractivity contribution in [2.75, 3.05) is 17.6 Å². The SMILES string of the molecule is CCCCNC(=O)Cc1ccccc1NC(=O)c1snc(C(N)=O)c1N. The van der Waals surface area contributed by atoms with Crippen LogP contribution in [0.1, 0.15) is 45.5 Å². The number of nitrogen functional groups attached to an aromatic ring is 1. The highest BCUT2D eigenvalue weighted by Crippen LogP contribution is 2.24. The van der Waals surface area contributed by atoms with Gasteiger partial charge in [0, 0.05) is 12.2 Å². The number of hydrogen-bond acceptors (Lipinski definition) is 6. The normalized spacial score (nSPS) is 10.3. The van der Waals surface area contributed by atoms with Gasteiger partial charge in [0.2, 0.25) is 5.91 Å². The number of carbonyl (C=O) groups is 3. The van der Waals surface area contributed by atoms with Gasteiger partial charge in [-0.2, -0.15) is 4.37 Å². The zero-order valence-electron chi connectivity index (χ0n) is 14.4. The molecule has 0 aliphatic carbocycles. The van der Waals surface area contributed by atoms with Crippen molar-refractivity contribution in [1.29, 1.82) is 0 Å². The maximum absolute atomic E-state index is 12.4. The van der Waals surface area contributed by atoms with Crippen molar-refractivity contribution in [3.8, 4) is 0 Å². The fraction of sp³-hybridized carbons (Fsp3) is 0.294. The van der Waals surface area contributed by atoms with Crippen LogP contribution in [-0.2, 0) is 11.2 Å². The molecule has 2 aromatic rings. The van der Waals surface area contributed by atoms with E-state index in [-0.39, 0.29) is 28.6 Å². The van der Waals surface area contributed by atoms with Crippen LogP contribution in [-0.4, -0.2) is 28.6 Å². The number of nitrogens with two attached hydrogens (primary N) is 2. The molecule has 6 N–H and O–H groups in total. The molecule has 0 atom stereocenters. The molecule has 2 rings (SSSR count). The Morgan fingerprint density at radius 3 is 2.62 bits per heavy atom. The second-order valence-electron chi connectivity index (χ2n) is 5.63. The van der Waals surface area contributed by atoms with E-state index in [1.165, 1.54) is 0 Å². The van der Waals surface area contributed by atoms with Crippen molar-refractivity contribution in [3.05, 3.63) is 40.4 Å². The van der Waals surface area contributed by atoms with Crippen LogP contribution >= 0.6 is 11.5 Å². The Morgan fingerprint density at radius 2 is 1.96 bits per heavy atom. The number of aromatic nitrogens is 1. The molecule has 3 amide bonds. The Bertz CT molecular complexity index is 818. The number of nitrogens with one attached hydrogen (secondary N) is 2. The lowest BCUT2D eigenvalue weighted by molar-refractivity contribution is -0.120. The Balaban J connectivity index is 2.11. The van der Waals surface area contributed by atoms with Crippen molar-refractivity contribution in [2.45, 2.75) is 26.2 Å². The van der Waals surface area contributed by atoms with Crippen LogP contribution in [0, 0.1) is 0 Å². The molecule has 0 unspecified atom stereocenters. The highest BCUT2D eigenvalue weighted by molar-refractivity contribution is 7.09. The summed E-state index contributed by atoms with van der Waals surface area (Å²) in [6.07, 6.45) is 2.05. The van der Waals surface area contributed by atoms with Crippen molar-refractivity contribution >= 4 is 40.6 Å². The number of benzene rings is 1. The molecule has 0 fully saturated rings. The minimum absolute atomic E-state index is 0.0465. The first kappa shape index (κ1) is 19.4. The minimum atomic E-state index is -0.790. The van der Waals surface area contributed by atoms with Crippen LogP contribution in [0.5, 0.6) is 0 Å². The monoisotopic (exact) mass is 375 g/mol. The number of nitrogens with zero attached hydrogens (tertiary/aromatic N) is 1. The summed E-state index contributed by atoms with van der Waals surface area (Å²) < 4.78 is 3.81. The fourth-order valence-electron chi connectivity index (χ4n) is 2.25. The van der Waals surface area contributed by atoms with Crippen molar-refractivity contribution < 1.29 is 14.4 Å². The van der Waals surface area contributed by atoms with E-state index >= 15 is 0 Å². The highest BCUT2D eigenvalue weighted by atomic mass is 32.1. The number of anilines is 2. The van der Waals surface area contributed by atoms with Crippen LogP contribution in [0.4, 0.5) is 11.4 Å². The molecular weight excluding hydrogens is 354 g/mol. The van der Waals surface area contributed by atoms with Gasteiger partial charge in [-0.25, -0.2) is 0 Å². The standard InChI is InChI=1S/C17H21N5O3S/c1-2-3-8-20-12(23)9-10-6-4-5-7-11(10)21-17(25)15-13(18)14(16(19)24)22-26-15/h4-7H,2-3,8-9,18H2,1H3,(H2,19,24)(H,20,23)(H,21,25). The molecule has 0 spiro atoms. The third-order valence-corrected chi connectivity index (χ3v) is 4.50. The van der Waals surface area contributed by atoms with Gasteiger partial charge in [0.25, 0.3) is 11.8 Å². The Labute approximate surface area is 155 Å². The summed E-state index contributed by atoms with van der Waals surface area (Å²) in [6, 6.07) is 6.99. The van der Waals surface area contributed by atoms with Gasteiger partial charge in [-0.1, -0.05) is 31.5 Å². The number of rotatable bonds is 8. The summed E-state index contributed by atoms with van der Waals surface area (Å²) in [4.78, 5) is 35.8. The number of carbonyl (C=O) groups excluding carboxylic acids is 3. The average Bonchev–Trinajstić information content (AvgIpc) is 2.98. The number of para-hydroxylation sites is 1. The van der Waals surface area contributed by atoms with E-state index < -0.39 is 11.8 Å². The first-order valence-electron chi connectivity index (χ1n) is 8.15. The van der Waals surface area contributed by atoms with E-state index in [9.17, 15) is 14.4 Å². The van der Waals surface area contributed by atoms with Gasteiger partial charge in [0.1, 0.15) is 4.88 Å². The van der Waals surface area contributed by atoms with E-state index in [4.69, 9.17) is 11.5 Å². The molecule has 1 heterocycles. The van der Waals surface area contributed by atoms with E-state index in [1.54, 1.807) is 24.3 Å². The average molecular weight is 375 g/mol. The lowest BCUT2D eigenvalue weighted by Gasteiger charge is -2.11. The summed E-state index contributed by atoms with van der Waals surface area (Å²) in [7, 11) is 0. The summed E-state index contributed by atoms with van der Waals surface area (Å²) >= 11 is 0.798. The molecule has 1 aromatic heterocycles. The van der Waals surface area contributed by atoms with Gasteiger partial charge in [-0.15, -0.1) is 0 Å². The summed E-state index contributed by atoms with van der Waals surface area (Å²) in [6.45, 7) is 2.67. The maximum Gasteiger partial charge on any atom is 0.270 e. The van der Waals surface area contributed by atoms with Gasteiger partial charge in [0.05, 0.1) is 12.1 Å². The van der Waals surface area contributed by atoms with Crippen LogP contribution in [0.2, 0.25) is 0 Å². The Hall–Kier alpha value is -2.94. The molecule has 0 aliphatic heterocycles. The maximum atomic E-state index is 12.4. The van der Waals surface area contributed by atoms with Crippen LogP contribution < -0.4 is 22.1 Å². The van der Waals surface area contributed by atoms with Gasteiger partial charge < -0.3 is 22.1 Å². The first-order valence-corrected chi connectivity index (χ1v) is 8.92. The second kappa shape index (κ2) is 8.95. The third kappa shape index (κ3) is 4.79. The Kier molecular flexibility index (Phi) is 6.67. The van der Waals surface area contributed by atoms with Crippen LogP contribution in [0.25, 0.3) is 0 Å². The van der Waals surface area contributed by atoms with Gasteiger partial charge >= 0.3 is 0 Å². The molecule has 0 saturated carbocycles. The highest BCUT2D eigenvalue weighted by Gasteiger charge is 2.21. The van der Waals surface area contributed by atoms with Gasteiger partial charge in [-0.3, -0.25) is 14.4 Å². The smallest absolute Gasteiger partial charge is 0.270 e. The van der Waals surface area contributed by atoms with Crippen LogP contribution in [0.15, 0.2) is 24.3 Å². The number of hydrogen-bond donors (Lipinski definition) is 4. The molecule has 0 bridgehead atoms. The van der Waals surface area contributed by atoms with Crippen LogP contribution in [0.3, 0.4) is 0 Å². The van der Waals surface area contributed by atoms with Gasteiger partial charge in [-0.05, 0) is 29.6 Å². The topological polar surface area (TPSA) is 140 Å². The lowest BCUT2D eigenvalue weighted by atomic mass is 10.1. The molecule has 138 valence electrons. The number of primary amides is 1. The molecule has 0 aliphatic rings. The van der Waals surface area contributed by atoms with Gasteiger partial charge in [0.15, 0.2) is 5.69 Å². The summed E-state index contributed by atoms with van der Waals surface area (Å²) in [5.41, 5.74) is 11.9. The molecule has 0 saturated heterocycles.